The minimum atomic E-state index is -0.786. The molecule has 0 bridgehead atoms. The van der Waals surface area contributed by atoms with Gasteiger partial charge in [-0.1, -0.05) is 24.3 Å². The predicted octanol–water partition coefficient (Wildman–Crippen LogP) is 3.92. The molecule has 3 aromatic rings. The molecule has 2 heterocycles. The van der Waals surface area contributed by atoms with Gasteiger partial charge in [-0.3, -0.25) is 0 Å². The normalized spacial score (nSPS) is 15.8. The number of fused-ring (bicyclic) bond motifs is 1. The van der Waals surface area contributed by atoms with Crippen LogP contribution < -0.4 is 10.2 Å². The summed E-state index contributed by atoms with van der Waals surface area (Å²) in [7, 11) is 1.65. The van der Waals surface area contributed by atoms with Crippen LogP contribution in [0.5, 0.6) is 0 Å². The molecule has 1 aliphatic rings. The van der Waals surface area contributed by atoms with Crippen LogP contribution in [0.25, 0.3) is 16.5 Å². The summed E-state index contributed by atoms with van der Waals surface area (Å²) in [6, 6.07) is 13.9. The number of methoxy groups -OCH3 is 1. The molecule has 7 heteroatoms. The van der Waals surface area contributed by atoms with E-state index in [9.17, 15) is 5.11 Å². The second-order valence-electron chi connectivity index (χ2n) is 7.19. The van der Waals surface area contributed by atoms with Gasteiger partial charge in [-0.05, 0) is 42.8 Å². The Kier molecular flexibility index (Phi) is 5.65. The maximum absolute atomic E-state index is 10.7. The van der Waals surface area contributed by atoms with E-state index in [4.69, 9.17) is 4.74 Å². The third-order valence-corrected chi connectivity index (χ3v) is 5.05. The molecule has 1 atom stereocenters. The lowest BCUT2D eigenvalue weighted by Gasteiger charge is -2.28. The lowest BCUT2D eigenvalue weighted by atomic mass is 10.1. The molecule has 0 aliphatic carbocycles. The number of rotatable bonds is 7. The third-order valence-electron chi connectivity index (χ3n) is 5.05. The molecule has 0 fully saturated rings. The molecule has 30 heavy (non-hydrogen) atoms. The van der Waals surface area contributed by atoms with Gasteiger partial charge in [0.2, 0.25) is 6.35 Å². The van der Waals surface area contributed by atoms with Crippen molar-refractivity contribution in [2.24, 2.45) is 0 Å². The van der Waals surface area contributed by atoms with Gasteiger partial charge in [-0.25, -0.2) is 9.97 Å². The highest BCUT2D eigenvalue weighted by atomic mass is 16.5. The molecule has 2 N–H and O–H groups in total. The van der Waals surface area contributed by atoms with Crippen molar-refractivity contribution in [1.82, 2.24) is 14.9 Å². The van der Waals surface area contributed by atoms with Gasteiger partial charge in [0.15, 0.2) is 0 Å². The number of aliphatic hydroxyl groups excluding tert-OH is 1. The number of benzene rings is 2. The molecule has 1 aromatic heterocycles. The van der Waals surface area contributed by atoms with Crippen molar-refractivity contribution in [3.8, 4) is 0 Å². The Hall–Kier alpha value is -3.42. The zero-order valence-corrected chi connectivity index (χ0v) is 17.1. The van der Waals surface area contributed by atoms with Crippen LogP contribution in [-0.4, -0.2) is 46.6 Å². The van der Waals surface area contributed by atoms with E-state index in [2.05, 4.69) is 21.9 Å². The fraction of sp³-hybridized carbons (Fsp3) is 0.217. The Balaban J connectivity index is 1.64. The van der Waals surface area contributed by atoms with Crippen LogP contribution in [0.4, 0.5) is 17.2 Å². The van der Waals surface area contributed by atoms with Crippen molar-refractivity contribution < 1.29 is 9.84 Å². The summed E-state index contributed by atoms with van der Waals surface area (Å²) in [6.45, 7) is 7.14. The molecule has 1 aliphatic heterocycles. The van der Waals surface area contributed by atoms with Gasteiger partial charge < -0.3 is 25.0 Å². The zero-order chi connectivity index (χ0) is 21.1. The highest BCUT2D eigenvalue weighted by Gasteiger charge is 2.25. The first-order valence-electron chi connectivity index (χ1n) is 9.74. The molecule has 0 saturated carbocycles. The summed E-state index contributed by atoms with van der Waals surface area (Å²) in [4.78, 5) is 12.4. The van der Waals surface area contributed by atoms with E-state index in [-0.39, 0.29) is 0 Å². The predicted molar refractivity (Wildman–Crippen MR) is 120 cm³/mol. The average molecular weight is 403 g/mol. The first kappa shape index (κ1) is 19.9. The Bertz CT molecular complexity index is 1100. The highest BCUT2D eigenvalue weighted by molar-refractivity contribution is 5.93. The second-order valence-corrected chi connectivity index (χ2v) is 7.19. The summed E-state index contributed by atoms with van der Waals surface area (Å²) < 4.78 is 5.11. The van der Waals surface area contributed by atoms with Crippen molar-refractivity contribution in [2.45, 2.75) is 13.3 Å². The standard InChI is InChI=1S/C23H25N5O2/c1-16(2)17-5-4-6-18(13-17)26-22-20-14-19(7-8-21(20)24-15-25-22)28-10-9-27(23(28)29)11-12-30-3/h4-10,13-15,23,29H,1,11-12H2,2-3H3,(H,24,25,26). The minimum absolute atomic E-state index is 0.540. The average Bonchev–Trinajstić information content (AvgIpc) is 3.12. The minimum Gasteiger partial charge on any atom is -0.383 e. The molecule has 0 radical (unpaired) electrons. The quantitative estimate of drug-likeness (QED) is 0.619. The van der Waals surface area contributed by atoms with E-state index in [1.807, 2.05) is 66.7 Å². The molecule has 2 aromatic carbocycles. The molecule has 1 unspecified atom stereocenters. The van der Waals surface area contributed by atoms with Crippen LogP contribution >= 0.6 is 0 Å². The van der Waals surface area contributed by atoms with Crippen molar-refractivity contribution in [2.75, 3.05) is 30.5 Å². The molecule has 4 rings (SSSR count). The van der Waals surface area contributed by atoms with Crippen molar-refractivity contribution >= 4 is 33.7 Å². The first-order chi connectivity index (χ1) is 14.6. The van der Waals surface area contributed by atoms with Crippen molar-refractivity contribution in [3.05, 3.63) is 73.3 Å². The smallest absolute Gasteiger partial charge is 0.211 e. The maximum atomic E-state index is 10.7. The summed E-state index contributed by atoms with van der Waals surface area (Å²) in [5.41, 5.74) is 4.66. The first-order valence-corrected chi connectivity index (χ1v) is 9.74. The molecule has 7 nitrogen and oxygen atoms in total. The van der Waals surface area contributed by atoms with Crippen LogP contribution in [-0.2, 0) is 4.74 Å². The van der Waals surface area contributed by atoms with E-state index < -0.39 is 6.35 Å². The van der Waals surface area contributed by atoms with Crippen LogP contribution in [0.1, 0.15) is 12.5 Å². The number of nitrogens with one attached hydrogen (secondary N) is 1. The zero-order valence-electron chi connectivity index (χ0n) is 17.1. The molecular formula is C23H25N5O2. The summed E-state index contributed by atoms with van der Waals surface area (Å²) in [5.74, 6) is 0.703. The number of hydrogen-bond acceptors (Lipinski definition) is 7. The topological polar surface area (TPSA) is 73.8 Å². The van der Waals surface area contributed by atoms with Crippen LogP contribution in [0.3, 0.4) is 0 Å². The molecule has 154 valence electrons. The lowest BCUT2D eigenvalue weighted by molar-refractivity contribution is 0.0383. The van der Waals surface area contributed by atoms with Crippen LogP contribution in [0, 0.1) is 0 Å². The van der Waals surface area contributed by atoms with E-state index in [1.165, 1.54) is 0 Å². The van der Waals surface area contributed by atoms with Crippen LogP contribution in [0.15, 0.2) is 67.8 Å². The number of hydrogen-bond donors (Lipinski definition) is 2. The van der Waals surface area contributed by atoms with E-state index in [0.717, 1.165) is 33.4 Å². The number of nitrogens with zero attached hydrogens (tertiary/aromatic N) is 4. The maximum Gasteiger partial charge on any atom is 0.211 e. The van der Waals surface area contributed by atoms with E-state index in [0.29, 0.717) is 19.0 Å². The summed E-state index contributed by atoms with van der Waals surface area (Å²) in [6.07, 6.45) is 4.47. The Morgan fingerprint density at radius 1 is 1.20 bits per heavy atom. The van der Waals surface area contributed by atoms with Gasteiger partial charge in [0.05, 0.1) is 12.1 Å². The monoisotopic (exact) mass is 403 g/mol. The largest absolute Gasteiger partial charge is 0.383 e. The van der Waals surface area contributed by atoms with E-state index in [1.54, 1.807) is 18.3 Å². The number of anilines is 3. The number of aliphatic hydroxyl groups is 1. The van der Waals surface area contributed by atoms with Crippen molar-refractivity contribution in [1.29, 1.82) is 0 Å². The Morgan fingerprint density at radius 3 is 2.87 bits per heavy atom. The van der Waals surface area contributed by atoms with E-state index >= 15 is 0 Å². The van der Waals surface area contributed by atoms with Gasteiger partial charge in [0, 0.05) is 42.8 Å². The van der Waals surface area contributed by atoms with Gasteiger partial charge in [0.25, 0.3) is 0 Å². The van der Waals surface area contributed by atoms with Gasteiger partial charge >= 0.3 is 0 Å². The summed E-state index contributed by atoms with van der Waals surface area (Å²) in [5, 5.41) is 14.9. The van der Waals surface area contributed by atoms with Gasteiger partial charge in [-0.15, -0.1) is 0 Å². The molecule has 0 spiro atoms. The number of aromatic nitrogens is 2. The third kappa shape index (κ3) is 3.98. The fourth-order valence-electron chi connectivity index (χ4n) is 3.38. The second kappa shape index (κ2) is 8.52. The van der Waals surface area contributed by atoms with Gasteiger partial charge in [-0.2, -0.15) is 0 Å². The Labute approximate surface area is 175 Å². The number of ether oxygens (including phenoxy) is 1. The Morgan fingerprint density at radius 2 is 2.07 bits per heavy atom. The summed E-state index contributed by atoms with van der Waals surface area (Å²) >= 11 is 0. The molecule has 0 amide bonds. The van der Waals surface area contributed by atoms with Crippen molar-refractivity contribution in [3.63, 3.8) is 0 Å². The lowest BCUT2D eigenvalue weighted by Crippen LogP contribution is -2.39. The van der Waals surface area contributed by atoms with Gasteiger partial charge in [0.1, 0.15) is 12.1 Å². The molecular weight excluding hydrogens is 378 g/mol. The fourth-order valence-corrected chi connectivity index (χ4v) is 3.38. The highest BCUT2D eigenvalue weighted by Crippen LogP contribution is 2.30. The SMILES string of the molecule is C=C(C)c1cccc(Nc2ncnc3ccc(N4C=CN(CCOC)C4O)cc23)c1. The molecule has 0 saturated heterocycles. The number of allylic oxidation sites excluding steroid dienone is 1. The van der Waals surface area contributed by atoms with Crippen LogP contribution in [0.2, 0.25) is 0 Å².